The molecule has 0 aromatic heterocycles. The van der Waals surface area contributed by atoms with Gasteiger partial charge in [0.05, 0.1) is 0 Å². The molecule has 1 spiro atoms. The molecule has 0 heterocycles. The highest BCUT2D eigenvalue weighted by molar-refractivity contribution is 5.04. The monoisotopic (exact) mass is 115 g/mol. The maximum atomic E-state index is 4.85. The molecular formula is C7H17N. The highest BCUT2D eigenvalue weighted by Gasteiger charge is 2.52. The predicted molar refractivity (Wildman–Crippen MR) is 37.7 cm³/mol. The summed E-state index contributed by atoms with van der Waals surface area (Å²) in [5.74, 6) is 0. The third kappa shape index (κ3) is 1.48. The Morgan fingerprint density at radius 1 is 1.38 bits per heavy atom. The van der Waals surface area contributed by atoms with Crippen molar-refractivity contribution in [2.45, 2.75) is 32.6 Å². The topological polar surface area (TPSA) is 26.0 Å². The first-order chi connectivity index (χ1) is 3.83. The fourth-order valence-corrected chi connectivity index (χ4v) is 0.854. The Morgan fingerprint density at radius 2 is 1.62 bits per heavy atom. The van der Waals surface area contributed by atoms with E-state index >= 15 is 0 Å². The zero-order valence-electron chi connectivity index (χ0n) is 5.61. The second-order valence-electron chi connectivity index (χ2n) is 2.91. The zero-order chi connectivity index (χ0) is 6.04. The Bertz CT molecular complexity index is 61.5. The van der Waals surface area contributed by atoms with Crippen molar-refractivity contribution in [1.82, 2.24) is 0 Å². The molecule has 8 heavy (non-hydrogen) atoms. The molecule has 1 heteroatoms. The lowest BCUT2D eigenvalue weighted by molar-refractivity contribution is 0.898. The van der Waals surface area contributed by atoms with Gasteiger partial charge in [0.1, 0.15) is 0 Å². The summed E-state index contributed by atoms with van der Waals surface area (Å²) in [6, 6.07) is 0. The van der Waals surface area contributed by atoms with Crippen molar-refractivity contribution in [1.29, 1.82) is 0 Å². The Kier molecular flexibility index (Phi) is 1.57. The molecule has 0 saturated heterocycles. The summed E-state index contributed by atoms with van der Waals surface area (Å²) in [4.78, 5) is 0. The largest absolute Gasteiger partial charge is 0.331 e. The van der Waals surface area contributed by atoms with Gasteiger partial charge in [-0.2, -0.15) is 0 Å². The summed E-state index contributed by atoms with van der Waals surface area (Å²) < 4.78 is 0. The van der Waals surface area contributed by atoms with Gasteiger partial charge in [0.15, 0.2) is 0 Å². The maximum Gasteiger partial charge on any atom is 0 e. The average Bonchev–Trinajstić information content (AvgIpc) is 2.54. The Labute approximate surface area is 52.7 Å². The standard InChI is InChI=1S/C5H8.C2H7N.H2/c1-2-5(1)3-4-5;1-2-3;/h1-4H2;2-3H2,1H3;1H. The van der Waals surface area contributed by atoms with E-state index < -0.39 is 0 Å². The van der Waals surface area contributed by atoms with E-state index in [4.69, 9.17) is 5.73 Å². The summed E-state index contributed by atoms with van der Waals surface area (Å²) in [5.41, 5.74) is 5.85. The molecule has 0 bridgehead atoms. The summed E-state index contributed by atoms with van der Waals surface area (Å²) >= 11 is 0. The van der Waals surface area contributed by atoms with E-state index in [1.165, 1.54) is 0 Å². The van der Waals surface area contributed by atoms with Crippen LogP contribution in [-0.2, 0) is 0 Å². The van der Waals surface area contributed by atoms with Crippen LogP contribution in [0.3, 0.4) is 0 Å². The Balaban J connectivity index is 0.000000147. The van der Waals surface area contributed by atoms with Crippen LogP contribution in [-0.4, -0.2) is 6.54 Å². The van der Waals surface area contributed by atoms with E-state index in [2.05, 4.69) is 0 Å². The smallest absolute Gasteiger partial charge is 0 e. The molecule has 1 nitrogen and oxygen atoms in total. The molecule has 0 atom stereocenters. The van der Waals surface area contributed by atoms with Crippen LogP contribution in [0.1, 0.15) is 34.0 Å². The number of hydrogen-bond acceptors (Lipinski definition) is 1. The second kappa shape index (κ2) is 2.06. The molecule has 0 amide bonds. The Hall–Kier alpha value is -0.0400. The van der Waals surface area contributed by atoms with Crippen molar-refractivity contribution in [3.8, 4) is 0 Å². The third-order valence-electron chi connectivity index (χ3n) is 1.91. The predicted octanol–water partition coefficient (Wildman–Crippen LogP) is 1.77. The van der Waals surface area contributed by atoms with Crippen LogP contribution in [0.25, 0.3) is 0 Å². The zero-order valence-corrected chi connectivity index (χ0v) is 5.61. The molecular weight excluding hydrogens is 98.1 g/mol. The minimum absolute atomic E-state index is 0. The molecule has 2 N–H and O–H groups in total. The first-order valence-electron chi connectivity index (χ1n) is 3.53. The SMILES string of the molecule is C1CC12CC2.CCN.[HH]. The van der Waals surface area contributed by atoms with Crippen molar-refractivity contribution in [3.63, 3.8) is 0 Å². The van der Waals surface area contributed by atoms with E-state index in [0.717, 1.165) is 12.0 Å². The van der Waals surface area contributed by atoms with Crippen LogP contribution < -0.4 is 5.73 Å². The van der Waals surface area contributed by atoms with Gasteiger partial charge in [-0.3, -0.25) is 0 Å². The molecule has 2 saturated carbocycles. The van der Waals surface area contributed by atoms with Gasteiger partial charge in [0, 0.05) is 1.43 Å². The summed E-state index contributed by atoms with van der Waals surface area (Å²) in [5, 5.41) is 0. The minimum atomic E-state index is 0. The molecule has 50 valence electrons. The first kappa shape index (κ1) is 6.09. The average molecular weight is 115 g/mol. The quantitative estimate of drug-likeness (QED) is 0.511. The molecule has 0 unspecified atom stereocenters. The van der Waals surface area contributed by atoms with E-state index in [1.807, 2.05) is 6.92 Å². The number of hydrogen-bond donors (Lipinski definition) is 1. The fraction of sp³-hybridized carbons (Fsp3) is 1.00. The van der Waals surface area contributed by atoms with Gasteiger partial charge in [-0.1, -0.05) is 6.92 Å². The Morgan fingerprint density at radius 3 is 1.62 bits per heavy atom. The molecule has 2 rings (SSSR count). The van der Waals surface area contributed by atoms with Crippen LogP contribution in [0, 0.1) is 5.41 Å². The van der Waals surface area contributed by atoms with Crippen LogP contribution >= 0.6 is 0 Å². The summed E-state index contributed by atoms with van der Waals surface area (Å²) in [6.45, 7) is 2.65. The van der Waals surface area contributed by atoms with E-state index in [0.29, 0.717) is 0 Å². The van der Waals surface area contributed by atoms with Crippen LogP contribution in [0.2, 0.25) is 0 Å². The van der Waals surface area contributed by atoms with Crippen molar-refractivity contribution in [2.75, 3.05) is 6.54 Å². The molecule has 2 fully saturated rings. The molecule has 2 aliphatic rings. The van der Waals surface area contributed by atoms with Gasteiger partial charge in [0.2, 0.25) is 0 Å². The third-order valence-corrected chi connectivity index (χ3v) is 1.91. The lowest BCUT2D eigenvalue weighted by atomic mass is 10.5. The van der Waals surface area contributed by atoms with Gasteiger partial charge in [-0.05, 0) is 37.6 Å². The second-order valence-corrected chi connectivity index (χ2v) is 2.91. The van der Waals surface area contributed by atoms with Crippen LogP contribution in [0.4, 0.5) is 0 Å². The van der Waals surface area contributed by atoms with Gasteiger partial charge in [-0.15, -0.1) is 0 Å². The highest BCUT2D eigenvalue weighted by Crippen LogP contribution is 2.65. The van der Waals surface area contributed by atoms with Crippen molar-refractivity contribution >= 4 is 0 Å². The summed E-state index contributed by atoms with van der Waals surface area (Å²) in [6.07, 6.45) is 6.25. The van der Waals surface area contributed by atoms with Gasteiger partial charge < -0.3 is 5.73 Å². The first-order valence-corrected chi connectivity index (χ1v) is 3.53. The minimum Gasteiger partial charge on any atom is -0.331 e. The van der Waals surface area contributed by atoms with Gasteiger partial charge >= 0.3 is 0 Å². The molecule has 0 radical (unpaired) electrons. The van der Waals surface area contributed by atoms with Crippen LogP contribution in [0.5, 0.6) is 0 Å². The normalized spacial score (nSPS) is 26.2. The van der Waals surface area contributed by atoms with Crippen molar-refractivity contribution in [2.24, 2.45) is 11.1 Å². The fourth-order valence-electron chi connectivity index (χ4n) is 0.854. The van der Waals surface area contributed by atoms with E-state index in [-0.39, 0.29) is 1.43 Å². The molecule has 2 aliphatic carbocycles. The van der Waals surface area contributed by atoms with E-state index in [9.17, 15) is 0 Å². The highest BCUT2D eigenvalue weighted by atomic mass is 14.6. The van der Waals surface area contributed by atoms with Crippen molar-refractivity contribution in [3.05, 3.63) is 0 Å². The lowest BCUT2D eigenvalue weighted by Gasteiger charge is -1.60. The van der Waals surface area contributed by atoms with Crippen LogP contribution in [0.15, 0.2) is 0 Å². The number of nitrogens with two attached hydrogens (primary N) is 1. The van der Waals surface area contributed by atoms with Gasteiger partial charge in [-0.25, -0.2) is 0 Å². The lowest BCUT2D eigenvalue weighted by Crippen LogP contribution is -1.87. The number of rotatable bonds is 0. The molecule has 0 aliphatic heterocycles. The molecule has 0 aromatic carbocycles. The van der Waals surface area contributed by atoms with E-state index in [1.54, 1.807) is 25.7 Å². The summed E-state index contributed by atoms with van der Waals surface area (Å²) in [7, 11) is 0. The van der Waals surface area contributed by atoms with Crippen molar-refractivity contribution < 1.29 is 1.43 Å². The van der Waals surface area contributed by atoms with Gasteiger partial charge in [0.25, 0.3) is 0 Å². The molecule has 0 aromatic rings. The maximum absolute atomic E-state index is 4.85.